The number of nitrogens with one attached hydrogen (secondary N) is 2. The van der Waals surface area contributed by atoms with Gasteiger partial charge in [0, 0.05) is 29.6 Å². The first-order valence-corrected chi connectivity index (χ1v) is 10.4. The Kier molecular flexibility index (Phi) is 5.72. The van der Waals surface area contributed by atoms with Crippen LogP contribution in [-0.4, -0.2) is 21.9 Å². The van der Waals surface area contributed by atoms with Crippen molar-refractivity contribution in [3.8, 4) is 11.3 Å². The highest BCUT2D eigenvalue weighted by molar-refractivity contribution is 7.80. The highest BCUT2D eigenvalue weighted by atomic mass is 32.1. The van der Waals surface area contributed by atoms with E-state index in [0.29, 0.717) is 11.2 Å². The van der Waals surface area contributed by atoms with Gasteiger partial charge in [0.1, 0.15) is 0 Å². The van der Waals surface area contributed by atoms with E-state index < -0.39 is 0 Å². The summed E-state index contributed by atoms with van der Waals surface area (Å²) in [5.74, 6) is 0. The molecular formula is C23H26N4S. The van der Waals surface area contributed by atoms with Gasteiger partial charge in [-0.15, -0.1) is 0 Å². The molecule has 2 N–H and O–H groups in total. The predicted octanol–water partition coefficient (Wildman–Crippen LogP) is 4.98. The maximum Gasteiger partial charge on any atom is 0.187 e. The number of nitrogens with zero attached hydrogens (tertiary/aromatic N) is 2. The summed E-state index contributed by atoms with van der Waals surface area (Å²) in [5.41, 5.74) is 7.62. The van der Waals surface area contributed by atoms with E-state index in [2.05, 4.69) is 76.0 Å². The van der Waals surface area contributed by atoms with E-state index in [1.54, 1.807) is 0 Å². The van der Waals surface area contributed by atoms with Crippen molar-refractivity contribution in [3.05, 3.63) is 60.2 Å². The number of para-hydroxylation sites is 1. The molecule has 0 saturated heterocycles. The van der Waals surface area contributed by atoms with Gasteiger partial charge in [0.2, 0.25) is 0 Å². The Morgan fingerprint density at radius 2 is 1.75 bits per heavy atom. The van der Waals surface area contributed by atoms with Gasteiger partial charge in [-0.3, -0.25) is 5.43 Å². The number of aromatic nitrogens is 1. The molecule has 1 saturated carbocycles. The number of thiocarbonyl (C=S) groups is 1. The summed E-state index contributed by atoms with van der Waals surface area (Å²) in [6, 6.07) is 19.3. The summed E-state index contributed by atoms with van der Waals surface area (Å²) in [7, 11) is 2.10. The van der Waals surface area contributed by atoms with Crippen molar-refractivity contribution in [2.45, 2.75) is 38.1 Å². The Balaban J connectivity index is 1.59. The van der Waals surface area contributed by atoms with E-state index in [9.17, 15) is 0 Å². The highest BCUT2D eigenvalue weighted by Gasteiger charge is 2.16. The minimum Gasteiger partial charge on any atom is -0.359 e. The van der Waals surface area contributed by atoms with Crippen LogP contribution in [-0.2, 0) is 7.05 Å². The molecule has 1 aromatic heterocycles. The standard InChI is InChI=1S/C23H26N4S/c1-27-21-15-9-8-14-19(21)20(22(27)17-10-4-2-5-11-17)16-24-26-23(28)25-18-12-6-3-7-13-18/h2,4-5,8-11,14-16,18H,3,6-7,12-13H2,1H3,(H2,25,26,28)/b24-16-. The maximum atomic E-state index is 5.44. The van der Waals surface area contributed by atoms with Gasteiger partial charge in [0.25, 0.3) is 0 Å². The number of aryl methyl sites for hydroxylation is 1. The zero-order valence-corrected chi connectivity index (χ0v) is 17.0. The average Bonchev–Trinajstić information content (AvgIpc) is 3.01. The van der Waals surface area contributed by atoms with Gasteiger partial charge in [-0.1, -0.05) is 67.8 Å². The molecule has 1 aliphatic rings. The molecule has 4 nitrogen and oxygen atoms in total. The van der Waals surface area contributed by atoms with Crippen LogP contribution in [0.2, 0.25) is 0 Å². The van der Waals surface area contributed by atoms with Crippen molar-refractivity contribution in [1.29, 1.82) is 0 Å². The maximum absolute atomic E-state index is 5.44. The fourth-order valence-corrected chi connectivity index (χ4v) is 4.34. The number of hydrazone groups is 1. The summed E-state index contributed by atoms with van der Waals surface area (Å²) in [6.07, 6.45) is 8.15. The largest absolute Gasteiger partial charge is 0.359 e. The van der Waals surface area contributed by atoms with E-state index in [1.165, 1.54) is 48.6 Å². The summed E-state index contributed by atoms with van der Waals surface area (Å²) in [5, 5.41) is 9.64. The smallest absolute Gasteiger partial charge is 0.187 e. The van der Waals surface area contributed by atoms with Crippen LogP contribution < -0.4 is 10.7 Å². The van der Waals surface area contributed by atoms with Crippen LogP contribution in [0.3, 0.4) is 0 Å². The van der Waals surface area contributed by atoms with Gasteiger partial charge in [0.15, 0.2) is 5.11 Å². The molecule has 0 aliphatic heterocycles. The molecule has 28 heavy (non-hydrogen) atoms. The second-order valence-corrected chi connectivity index (χ2v) is 7.79. The lowest BCUT2D eigenvalue weighted by Crippen LogP contribution is -2.40. The number of benzene rings is 2. The number of hydrogen-bond donors (Lipinski definition) is 2. The first-order valence-electron chi connectivity index (χ1n) is 9.96. The monoisotopic (exact) mass is 390 g/mol. The van der Waals surface area contributed by atoms with Crippen molar-refractivity contribution in [1.82, 2.24) is 15.3 Å². The summed E-state index contributed by atoms with van der Waals surface area (Å²) in [4.78, 5) is 0. The molecule has 1 aliphatic carbocycles. The van der Waals surface area contributed by atoms with Crippen LogP contribution in [0.1, 0.15) is 37.7 Å². The zero-order chi connectivity index (χ0) is 19.3. The lowest BCUT2D eigenvalue weighted by molar-refractivity contribution is 0.412. The Bertz CT molecular complexity index is 985. The van der Waals surface area contributed by atoms with Crippen molar-refractivity contribution < 1.29 is 0 Å². The number of fused-ring (bicyclic) bond motifs is 1. The first-order chi connectivity index (χ1) is 13.7. The summed E-state index contributed by atoms with van der Waals surface area (Å²) >= 11 is 5.44. The molecule has 0 atom stereocenters. The van der Waals surface area contributed by atoms with Gasteiger partial charge in [-0.2, -0.15) is 5.10 Å². The van der Waals surface area contributed by atoms with Crippen molar-refractivity contribution in [2.24, 2.45) is 12.1 Å². The molecule has 0 unspecified atom stereocenters. The van der Waals surface area contributed by atoms with Crippen molar-refractivity contribution in [3.63, 3.8) is 0 Å². The predicted molar refractivity (Wildman–Crippen MR) is 122 cm³/mol. The molecular weight excluding hydrogens is 364 g/mol. The number of hydrogen-bond acceptors (Lipinski definition) is 2. The Labute approximate surface area is 171 Å². The molecule has 4 rings (SSSR count). The molecule has 0 radical (unpaired) electrons. The van der Waals surface area contributed by atoms with Gasteiger partial charge < -0.3 is 9.88 Å². The number of rotatable bonds is 4. The quantitative estimate of drug-likeness (QED) is 0.375. The van der Waals surface area contributed by atoms with Crippen molar-refractivity contribution >= 4 is 34.4 Å². The molecule has 1 heterocycles. The third kappa shape index (κ3) is 3.94. The van der Waals surface area contributed by atoms with Crippen LogP contribution in [0.5, 0.6) is 0 Å². The summed E-state index contributed by atoms with van der Waals surface area (Å²) in [6.45, 7) is 0. The fraction of sp³-hybridized carbons (Fsp3) is 0.304. The zero-order valence-electron chi connectivity index (χ0n) is 16.2. The second-order valence-electron chi connectivity index (χ2n) is 7.38. The van der Waals surface area contributed by atoms with E-state index in [-0.39, 0.29) is 0 Å². The molecule has 3 aromatic rings. The Hall–Kier alpha value is -2.66. The van der Waals surface area contributed by atoms with Gasteiger partial charge >= 0.3 is 0 Å². The minimum atomic E-state index is 0.474. The van der Waals surface area contributed by atoms with E-state index in [4.69, 9.17) is 12.2 Å². The topological polar surface area (TPSA) is 41.4 Å². The van der Waals surface area contributed by atoms with Crippen LogP contribution in [0.15, 0.2) is 59.7 Å². The van der Waals surface area contributed by atoms with Gasteiger partial charge in [-0.05, 0) is 36.7 Å². The van der Waals surface area contributed by atoms with E-state index in [0.717, 1.165) is 11.3 Å². The fourth-order valence-electron chi connectivity index (χ4n) is 4.12. The van der Waals surface area contributed by atoms with Crippen molar-refractivity contribution in [2.75, 3.05) is 0 Å². The first kappa shape index (κ1) is 18.7. The molecule has 0 spiro atoms. The molecule has 1 fully saturated rings. The average molecular weight is 391 g/mol. The third-order valence-electron chi connectivity index (χ3n) is 5.49. The molecule has 144 valence electrons. The van der Waals surface area contributed by atoms with Crippen LogP contribution in [0.4, 0.5) is 0 Å². The third-order valence-corrected chi connectivity index (χ3v) is 5.70. The minimum absolute atomic E-state index is 0.474. The summed E-state index contributed by atoms with van der Waals surface area (Å²) < 4.78 is 2.23. The van der Waals surface area contributed by atoms with Gasteiger partial charge in [-0.25, -0.2) is 0 Å². The van der Waals surface area contributed by atoms with Crippen LogP contribution in [0.25, 0.3) is 22.2 Å². The van der Waals surface area contributed by atoms with E-state index in [1.807, 2.05) is 12.3 Å². The molecule has 2 aromatic carbocycles. The normalized spacial score (nSPS) is 15.2. The molecule has 0 bridgehead atoms. The Morgan fingerprint density at radius 1 is 1.04 bits per heavy atom. The van der Waals surface area contributed by atoms with Gasteiger partial charge in [0.05, 0.1) is 11.9 Å². The lowest BCUT2D eigenvalue weighted by Gasteiger charge is -2.23. The van der Waals surface area contributed by atoms with E-state index >= 15 is 0 Å². The van der Waals surface area contributed by atoms with Crippen LogP contribution >= 0.6 is 12.2 Å². The highest BCUT2D eigenvalue weighted by Crippen LogP contribution is 2.31. The second kappa shape index (κ2) is 8.57. The Morgan fingerprint density at radius 3 is 2.54 bits per heavy atom. The SMILES string of the molecule is Cn1c(-c2ccccc2)c(/C=N\NC(=S)NC2CCCCC2)c2ccccc21. The molecule has 0 amide bonds. The van der Waals surface area contributed by atoms with Crippen LogP contribution in [0, 0.1) is 0 Å². The lowest BCUT2D eigenvalue weighted by atomic mass is 9.96. The molecule has 5 heteroatoms.